The zero-order valence-electron chi connectivity index (χ0n) is 12.2. The van der Waals surface area contributed by atoms with E-state index in [9.17, 15) is 0 Å². The molecule has 1 aliphatic heterocycles. The summed E-state index contributed by atoms with van der Waals surface area (Å²) in [6, 6.07) is 8.31. The number of benzene rings is 1. The van der Waals surface area contributed by atoms with Gasteiger partial charge in [-0.1, -0.05) is 35.3 Å². The topological polar surface area (TPSA) is 21.3 Å². The molecule has 0 aliphatic carbocycles. The van der Waals surface area contributed by atoms with Crippen LogP contribution in [0.25, 0.3) is 0 Å². The second-order valence-corrected chi connectivity index (χ2v) is 8.19. The Morgan fingerprint density at radius 3 is 2.67 bits per heavy atom. The summed E-state index contributed by atoms with van der Waals surface area (Å²) in [4.78, 5) is 0. The molecule has 0 amide bonds. The molecule has 21 heavy (non-hydrogen) atoms. The predicted molar refractivity (Wildman–Crippen MR) is 90.1 cm³/mol. The third kappa shape index (κ3) is 2.93. The van der Waals surface area contributed by atoms with Crippen molar-refractivity contribution in [2.45, 2.75) is 31.9 Å². The van der Waals surface area contributed by atoms with E-state index in [-0.39, 0.29) is 11.6 Å². The van der Waals surface area contributed by atoms with E-state index in [1.54, 1.807) is 0 Å². The first-order valence-corrected chi connectivity index (χ1v) is 8.41. The van der Waals surface area contributed by atoms with E-state index in [4.69, 9.17) is 27.9 Å². The molecular weight excluding hydrogens is 325 g/mol. The molecule has 0 spiro atoms. The summed E-state index contributed by atoms with van der Waals surface area (Å²) in [6.45, 7) is 4.22. The molecule has 0 fully saturated rings. The third-order valence-corrected chi connectivity index (χ3v) is 5.22. The number of rotatable bonds is 3. The Balaban J connectivity index is 1.98. The summed E-state index contributed by atoms with van der Waals surface area (Å²) in [5, 5.41) is 3.32. The zero-order chi connectivity index (χ0) is 15.2. The molecule has 1 N–H and O–H groups in total. The maximum atomic E-state index is 6.30. The van der Waals surface area contributed by atoms with E-state index in [0.29, 0.717) is 4.34 Å². The summed E-state index contributed by atoms with van der Waals surface area (Å²) in [5.41, 5.74) is 3.32. The molecule has 2 heterocycles. The van der Waals surface area contributed by atoms with E-state index >= 15 is 0 Å². The van der Waals surface area contributed by atoms with Gasteiger partial charge in [-0.3, -0.25) is 0 Å². The molecule has 0 saturated carbocycles. The minimum absolute atomic E-state index is 0.0373. The number of thiophene rings is 1. The highest BCUT2D eigenvalue weighted by Crippen LogP contribution is 2.40. The molecule has 1 aliphatic rings. The first kappa shape index (κ1) is 15.2. The zero-order valence-corrected chi connectivity index (χ0v) is 14.5. The first-order chi connectivity index (χ1) is 9.89. The Morgan fingerprint density at radius 2 is 2.05 bits per heavy atom. The second-order valence-electron chi connectivity index (χ2n) is 5.91. The van der Waals surface area contributed by atoms with Crippen molar-refractivity contribution < 1.29 is 4.74 Å². The van der Waals surface area contributed by atoms with Crippen LogP contribution in [0.3, 0.4) is 0 Å². The maximum Gasteiger partial charge on any atom is 0.123 e. The molecule has 5 heteroatoms. The summed E-state index contributed by atoms with van der Waals surface area (Å²) in [5.74, 6) is 0.980. The van der Waals surface area contributed by atoms with Gasteiger partial charge in [-0.2, -0.15) is 0 Å². The van der Waals surface area contributed by atoms with Gasteiger partial charge in [0, 0.05) is 12.0 Å². The van der Waals surface area contributed by atoms with Crippen LogP contribution in [0.2, 0.25) is 8.67 Å². The van der Waals surface area contributed by atoms with E-state index < -0.39 is 0 Å². The van der Waals surface area contributed by atoms with Gasteiger partial charge < -0.3 is 10.1 Å². The number of fused-ring (bicyclic) bond motifs is 1. The molecule has 2 nitrogen and oxygen atoms in total. The Kier molecular flexibility index (Phi) is 3.95. The van der Waals surface area contributed by atoms with Gasteiger partial charge in [-0.15, -0.1) is 11.3 Å². The van der Waals surface area contributed by atoms with Gasteiger partial charge in [-0.05, 0) is 44.2 Å². The SMILES string of the molecule is CNC(c1ccc2c(c1)CC(C)(C)O2)c1cc(Cl)sc1Cl. The minimum Gasteiger partial charge on any atom is -0.487 e. The predicted octanol–water partition coefficient (Wildman–Crippen LogP) is 5.08. The number of hydrogen-bond acceptors (Lipinski definition) is 3. The van der Waals surface area contributed by atoms with Crippen LogP contribution in [-0.4, -0.2) is 12.6 Å². The lowest BCUT2D eigenvalue weighted by atomic mass is 9.96. The van der Waals surface area contributed by atoms with Crippen molar-refractivity contribution in [1.29, 1.82) is 0 Å². The fourth-order valence-corrected chi connectivity index (χ4v) is 4.39. The van der Waals surface area contributed by atoms with E-state index in [1.807, 2.05) is 19.2 Å². The van der Waals surface area contributed by atoms with Crippen molar-refractivity contribution in [3.63, 3.8) is 0 Å². The van der Waals surface area contributed by atoms with Crippen LogP contribution >= 0.6 is 34.5 Å². The second kappa shape index (κ2) is 5.47. The number of ether oxygens (including phenoxy) is 1. The van der Waals surface area contributed by atoms with Gasteiger partial charge in [0.25, 0.3) is 0 Å². The van der Waals surface area contributed by atoms with Crippen LogP contribution in [0.15, 0.2) is 24.3 Å². The lowest BCUT2D eigenvalue weighted by Gasteiger charge is -2.17. The largest absolute Gasteiger partial charge is 0.487 e. The molecule has 1 atom stereocenters. The minimum atomic E-state index is -0.126. The lowest BCUT2D eigenvalue weighted by Crippen LogP contribution is -2.24. The highest BCUT2D eigenvalue weighted by molar-refractivity contribution is 7.20. The summed E-state index contributed by atoms with van der Waals surface area (Å²) in [7, 11) is 1.93. The van der Waals surface area contributed by atoms with Crippen LogP contribution in [0.1, 0.15) is 36.6 Å². The van der Waals surface area contributed by atoms with Crippen molar-refractivity contribution in [3.8, 4) is 5.75 Å². The summed E-state index contributed by atoms with van der Waals surface area (Å²) >= 11 is 13.8. The highest BCUT2D eigenvalue weighted by Gasteiger charge is 2.30. The van der Waals surface area contributed by atoms with Crippen LogP contribution in [-0.2, 0) is 6.42 Å². The molecule has 1 aromatic carbocycles. The molecule has 3 rings (SSSR count). The van der Waals surface area contributed by atoms with E-state index in [0.717, 1.165) is 22.1 Å². The summed E-state index contributed by atoms with van der Waals surface area (Å²) in [6.07, 6.45) is 0.921. The van der Waals surface area contributed by atoms with Crippen LogP contribution in [0.4, 0.5) is 0 Å². The standard InChI is InChI=1S/C16H17Cl2NOS/c1-16(2)8-10-6-9(4-5-12(10)20-16)14(19-3)11-7-13(17)21-15(11)18/h4-7,14,19H,8H2,1-3H3. The number of hydrogen-bond donors (Lipinski definition) is 1. The molecule has 0 saturated heterocycles. The Labute approximate surface area is 139 Å². The molecule has 0 bridgehead atoms. The highest BCUT2D eigenvalue weighted by atomic mass is 35.5. The van der Waals surface area contributed by atoms with Crippen molar-refractivity contribution in [2.24, 2.45) is 0 Å². The van der Waals surface area contributed by atoms with Gasteiger partial charge >= 0.3 is 0 Å². The third-order valence-electron chi connectivity index (χ3n) is 3.70. The van der Waals surface area contributed by atoms with Gasteiger partial charge in [0.15, 0.2) is 0 Å². The van der Waals surface area contributed by atoms with E-state index in [2.05, 4.69) is 31.3 Å². The van der Waals surface area contributed by atoms with Crippen molar-refractivity contribution in [2.75, 3.05) is 7.05 Å². The molecule has 112 valence electrons. The van der Waals surface area contributed by atoms with Crippen LogP contribution < -0.4 is 10.1 Å². The average Bonchev–Trinajstić information content (AvgIpc) is 2.88. The van der Waals surface area contributed by atoms with E-state index in [1.165, 1.54) is 22.5 Å². The van der Waals surface area contributed by atoms with Crippen molar-refractivity contribution in [1.82, 2.24) is 5.32 Å². The number of halogens is 2. The smallest absolute Gasteiger partial charge is 0.123 e. The van der Waals surface area contributed by atoms with Crippen molar-refractivity contribution in [3.05, 3.63) is 49.6 Å². The first-order valence-electron chi connectivity index (χ1n) is 6.83. The average molecular weight is 342 g/mol. The Hall–Kier alpha value is -0.740. The quantitative estimate of drug-likeness (QED) is 0.840. The molecular formula is C16H17Cl2NOS. The van der Waals surface area contributed by atoms with Gasteiger partial charge in [-0.25, -0.2) is 0 Å². The monoisotopic (exact) mass is 341 g/mol. The molecule has 1 unspecified atom stereocenters. The van der Waals surface area contributed by atoms with Crippen molar-refractivity contribution >= 4 is 34.5 Å². The van der Waals surface area contributed by atoms with Gasteiger partial charge in [0.2, 0.25) is 0 Å². The maximum absolute atomic E-state index is 6.30. The molecule has 1 aromatic heterocycles. The van der Waals surface area contributed by atoms with Gasteiger partial charge in [0.05, 0.1) is 14.7 Å². The Bertz CT molecular complexity index is 681. The number of nitrogens with one attached hydrogen (secondary N) is 1. The molecule has 0 radical (unpaired) electrons. The normalized spacial score (nSPS) is 17.4. The molecule has 2 aromatic rings. The van der Waals surface area contributed by atoms with Crippen LogP contribution in [0.5, 0.6) is 5.75 Å². The Morgan fingerprint density at radius 1 is 1.29 bits per heavy atom. The summed E-state index contributed by atoms with van der Waals surface area (Å²) < 4.78 is 7.37. The van der Waals surface area contributed by atoms with Crippen LogP contribution in [0, 0.1) is 0 Å². The fraction of sp³-hybridized carbons (Fsp3) is 0.375. The lowest BCUT2D eigenvalue weighted by molar-refractivity contribution is 0.138. The van der Waals surface area contributed by atoms with Gasteiger partial charge in [0.1, 0.15) is 11.4 Å². The fourth-order valence-electron chi connectivity index (χ4n) is 2.86.